The third-order valence-corrected chi connectivity index (χ3v) is 8.65. The molecule has 3 N–H and O–H groups in total. The van der Waals surface area contributed by atoms with Gasteiger partial charge < -0.3 is 16.0 Å². The maximum atomic E-state index is 13.6. The van der Waals surface area contributed by atoms with E-state index in [2.05, 4.69) is 16.0 Å². The first kappa shape index (κ1) is 32.9. The summed E-state index contributed by atoms with van der Waals surface area (Å²) in [5, 5.41) is 9.24. The number of thioether (sulfide) groups is 1. The average Bonchev–Trinajstić information content (AvgIpc) is 3.06. The van der Waals surface area contributed by atoms with Crippen molar-refractivity contribution in [3.63, 3.8) is 0 Å². The number of hydrogen-bond donors (Lipinski definition) is 3. The van der Waals surface area contributed by atoms with E-state index in [-0.39, 0.29) is 11.6 Å². The highest BCUT2D eigenvalue weighted by atomic mass is 35.5. The van der Waals surface area contributed by atoms with Crippen molar-refractivity contribution < 1.29 is 14.4 Å². The Morgan fingerprint density at radius 2 is 1.33 bits per heavy atom. The molecule has 0 heterocycles. The van der Waals surface area contributed by atoms with Crippen molar-refractivity contribution in [3.8, 4) is 0 Å². The molecule has 0 bridgehead atoms. The second-order valence-electron chi connectivity index (χ2n) is 9.93. The zero-order valence-corrected chi connectivity index (χ0v) is 27.1. The summed E-state index contributed by atoms with van der Waals surface area (Å²) in [6, 6.07) is 36.8. The normalized spacial score (nSPS) is 11.8. The lowest BCUT2D eigenvalue weighted by molar-refractivity contribution is -0.116. The largest absolute Gasteiger partial charge is 0.325 e. The topological polar surface area (TPSA) is 87.3 Å². The first-order valence-electron chi connectivity index (χ1n) is 14.0. The Labute approximate surface area is 285 Å². The molecular weight excluding hydrogens is 661 g/mol. The Morgan fingerprint density at radius 1 is 0.652 bits per heavy atom. The van der Waals surface area contributed by atoms with E-state index in [1.54, 1.807) is 91.0 Å². The molecular formula is C36H26Cl3N3O3S. The van der Waals surface area contributed by atoms with Gasteiger partial charge in [0.25, 0.3) is 11.8 Å². The molecule has 0 aromatic heterocycles. The van der Waals surface area contributed by atoms with Gasteiger partial charge >= 0.3 is 0 Å². The predicted molar refractivity (Wildman–Crippen MR) is 189 cm³/mol. The molecule has 0 aliphatic rings. The van der Waals surface area contributed by atoms with Crippen LogP contribution in [0.25, 0.3) is 6.08 Å². The number of halogens is 3. The molecule has 0 fully saturated rings. The summed E-state index contributed by atoms with van der Waals surface area (Å²) < 4.78 is 0. The molecule has 10 heteroatoms. The van der Waals surface area contributed by atoms with Gasteiger partial charge in [-0.3, -0.25) is 14.4 Å². The molecule has 0 aliphatic heterocycles. The number of benzene rings is 5. The first-order chi connectivity index (χ1) is 22.2. The lowest BCUT2D eigenvalue weighted by Gasteiger charge is -2.18. The molecule has 0 saturated carbocycles. The Bertz CT molecular complexity index is 1890. The lowest BCUT2D eigenvalue weighted by Crippen LogP contribution is -2.30. The number of hydrogen-bond acceptors (Lipinski definition) is 4. The number of carbonyl (C=O) groups excluding carboxylic acids is 3. The lowest BCUT2D eigenvalue weighted by atomic mass is 10.1. The second kappa shape index (κ2) is 15.7. The van der Waals surface area contributed by atoms with Crippen LogP contribution in [0.2, 0.25) is 15.1 Å². The molecule has 1 atom stereocenters. The monoisotopic (exact) mass is 685 g/mol. The first-order valence-corrected chi connectivity index (χ1v) is 16.0. The van der Waals surface area contributed by atoms with Gasteiger partial charge in [0, 0.05) is 36.9 Å². The highest BCUT2D eigenvalue weighted by Gasteiger charge is 2.23. The number of rotatable bonds is 10. The Morgan fingerprint density at radius 3 is 2.02 bits per heavy atom. The van der Waals surface area contributed by atoms with Crippen LogP contribution < -0.4 is 16.0 Å². The van der Waals surface area contributed by atoms with Crippen LogP contribution in [-0.4, -0.2) is 17.7 Å². The van der Waals surface area contributed by atoms with Crippen molar-refractivity contribution >= 4 is 81.7 Å². The minimum atomic E-state index is -0.601. The molecule has 0 spiro atoms. The van der Waals surface area contributed by atoms with Gasteiger partial charge in [-0.05, 0) is 83.9 Å². The van der Waals surface area contributed by atoms with Crippen LogP contribution in [0.15, 0.2) is 138 Å². The Hall–Kier alpha value is -4.53. The van der Waals surface area contributed by atoms with E-state index in [0.717, 1.165) is 10.5 Å². The van der Waals surface area contributed by atoms with Gasteiger partial charge in [0.15, 0.2) is 0 Å². The Kier molecular flexibility index (Phi) is 11.2. The van der Waals surface area contributed by atoms with Gasteiger partial charge in [-0.1, -0.05) is 95.5 Å². The number of nitrogens with one attached hydrogen (secondary N) is 3. The van der Waals surface area contributed by atoms with E-state index in [1.807, 2.05) is 36.4 Å². The third-order valence-electron chi connectivity index (χ3n) is 6.59. The quantitative estimate of drug-likeness (QED) is 0.101. The number of carbonyl (C=O) groups is 3. The molecule has 1 unspecified atom stereocenters. The van der Waals surface area contributed by atoms with E-state index in [9.17, 15) is 14.4 Å². The van der Waals surface area contributed by atoms with E-state index in [4.69, 9.17) is 34.8 Å². The SMILES string of the molecule is O=C(Nc1cccc(SC(C(=O)Nc2ccc(Cl)cc2)c2ccccc2)c1)/C(=C\c1ccc(Cl)cc1Cl)NC(=O)c1ccccc1. The number of anilines is 2. The predicted octanol–water partition coefficient (Wildman–Crippen LogP) is 9.53. The van der Waals surface area contributed by atoms with Crippen LogP contribution in [0, 0.1) is 0 Å². The highest BCUT2D eigenvalue weighted by molar-refractivity contribution is 8.00. The average molecular weight is 687 g/mol. The van der Waals surface area contributed by atoms with Crippen LogP contribution in [0.3, 0.4) is 0 Å². The minimum absolute atomic E-state index is 0.0272. The molecule has 0 aliphatic carbocycles. The van der Waals surface area contributed by atoms with Crippen molar-refractivity contribution in [3.05, 3.63) is 165 Å². The van der Waals surface area contributed by atoms with Crippen LogP contribution in [0.1, 0.15) is 26.7 Å². The van der Waals surface area contributed by atoms with Crippen LogP contribution >= 0.6 is 46.6 Å². The van der Waals surface area contributed by atoms with Crippen LogP contribution in [0.5, 0.6) is 0 Å². The molecule has 46 heavy (non-hydrogen) atoms. The molecule has 5 rings (SSSR count). The Balaban J connectivity index is 1.38. The zero-order chi connectivity index (χ0) is 32.5. The summed E-state index contributed by atoms with van der Waals surface area (Å²) in [5.74, 6) is -1.26. The number of amides is 3. The molecule has 0 radical (unpaired) electrons. The fourth-order valence-corrected chi connectivity index (χ4v) is 6.01. The van der Waals surface area contributed by atoms with Gasteiger partial charge in [0.05, 0.1) is 0 Å². The van der Waals surface area contributed by atoms with Crippen LogP contribution in [0.4, 0.5) is 11.4 Å². The van der Waals surface area contributed by atoms with E-state index in [0.29, 0.717) is 37.6 Å². The molecule has 6 nitrogen and oxygen atoms in total. The summed E-state index contributed by atoms with van der Waals surface area (Å²) in [7, 11) is 0. The molecule has 3 amide bonds. The maximum absolute atomic E-state index is 13.6. The van der Waals surface area contributed by atoms with Crippen molar-refractivity contribution in [2.24, 2.45) is 0 Å². The van der Waals surface area contributed by atoms with Gasteiger partial charge in [0.2, 0.25) is 5.91 Å². The van der Waals surface area contributed by atoms with Crippen molar-refractivity contribution in [2.75, 3.05) is 10.6 Å². The van der Waals surface area contributed by atoms with Crippen molar-refractivity contribution in [1.29, 1.82) is 0 Å². The molecule has 230 valence electrons. The minimum Gasteiger partial charge on any atom is -0.325 e. The van der Waals surface area contributed by atoms with Gasteiger partial charge in [-0.15, -0.1) is 11.8 Å². The highest BCUT2D eigenvalue weighted by Crippen LogP contribution is 2.37. The van der Waals surface area contributed by atoms with E-state index in [1.165, 1.54) is 17.8 Å². The summed E-state index contributed by atoms with van der Waals surface area (Å²) in [4.78, 5) is 40.9. The van der Waals surface area contributed by atoms with Gasteiger partial charge in [-0.25, -0.2) is 0 Å². The van der Waals surface area contributed by atoms with Crippen molar-refractivity contribution in [2.45, 2.75) is 10.1 Å². The molecule has 5 aromatic carbocycles. The van der Waals surface area contributed by atoms with Crippen LogP contribution in [-0.2, 0) is 9.59 Å². The fraction of sp³-hybridized carbons (Fsp3) is 0.0278. The third kappa shape index (κ3) is 9.02. The maximum Gasteiger partial charge on any atom is 0.272 e. The zero-order valence-electron chi connectivity index (χ0n) is 24.0. The van der Waals surface area contributed by atoms with Crippen molar-refractivity contribution in [1.82, 2.24) is 5.32 Å². The summed E-state index contributed by atoms with van der Waals surface area (Å²) in [6.07, 6.45) is 1.49. The molecule has 5 aromatic rings. The fourth-order valence-electron chi connectivity index (χ4n) is 4.34. The summed E-state index contributed by atoms with van der Waals surface area (Å²) >= 11 is 19.8. The smallest absolute Gasteiger partial charge is 0.272 e. The summed E-state index contributed by atoms with van der Waals surface area (Å²) in [5.41, 5.74) is 2.73. The van der Waals surface area contributed by atoms with Gasteiger partial charge in [-0.2, -0.15) is 0 Å². The second-order valence-corrected chi connectivity index (χ2v) is 12.4. The standard InChI is InChI=1S/C36H26Cl3N3O3S/c37-26-16-18-28(19-17-26)40-36(45)33(23-8-3-1-4-9-23)46-30-13-7-12-29(22-30)41-35(44)32(20-25-14-15-27(38)21-31(25)39)42-34(43)24-10-5-2-6-11-24/h1-22,33H,(H,40,45)(H,41,44)(H,42,43)/b32-20+. The van der Waals surface area contributed by atoms with E-state index >= 15 is 0 Å². The van der Waals surface area contributed by atoms with E-state index < -0.39 is 17.1 Å². The molecule has 0 saturated heterocycles. The summed E-state index contributed by atoms with van der Waals surface area (Å²) in [6.45, 7) is 0. The van der Waals surface area contributed by atoms with Gasteiger partial charge in [0.1, 0.15) is 10.9 Å².